The van der Waals surface area contributed by atoms with Gasteiger partial charge < -0.3 is 14.6 Å². The molecule has 1 N–H and O–H groups in total. The molecule has 0 aliphatic rings. The van der Waals surface area contributed by atoms with Crippen molar-refractivity contribution in [2.45, 2.75) is 33.7 Å². The van der Waals surface area contributed by atoms with Crippen molar-refractivity contribution in [3.8, 4) is 0 Å². The summed E-state index contributed by atoms with van der Waals surface area (Å²) < 4.78 is 6.81. The van der Waals surface area contributed by atoms with E-state index in [9.17, 15) is 9.59 Å². The molecule has 1 aromatic carbocycles. The van der Waals surface area contributed by atoms with Crippen molar-refractivity contribution in [2.24, 2.45) is 7.05 Å². The Morgan fingerprint density at radius 3 is 2.42 bits per heavy atom. The molecule has 24 heavy (non-hydrogen) atoms. The number of hydrogen-bond donors (Lipinski definition) is 1. The van der Waals surface area contributed by atoms with Crippen LogP contribution in [0.25, 0.3) is 0 Å². The SMILES string of the molecule is CCOC(=O)c1c(C)c(C(=O)N[C@H](C)c2ccccc2)c(C)n1C. The molecule has 0 saturated carbocycles. The number of rotatable bonds is 5. The molecule has 1 aromatic heterocycles. The smallest absolute Gasteiger partial charge is 0.355 e. The third kappa shape index (κ3) is 3.35. The van der Waals surface area contributed by atoms with Crippen LogP contribution in [0.15, 0.2) is 30.3 Å². The highest BCUT2D eigenvalue weighted by molar-refractivity contribution is 6.01. The number of ether oxygens (including phenoxy) is 1. The lowest BCUT2D eigenvalue weighted by Crippen LogP contribution is -2.27. The molecule has 0 radical (unpaired) electrons. The molecule has 5 heteroatoms. The molecule has 2 aromatic rings. The number of carbonyl (C=O) groups is 2. The second kappa shape index (κ2) is 7.34. The standard InChI is InChI=1S/C19H24N2O3/c1-6-24-19(23)17-12(2)16(14(4)21(17)5)18(22)20-13(3)15-10-8-7-9-11-15/h7-11,13H,6H2,1-5H3,(H,20,22)/t13-/m1/s1. The first-order valence-electron chi connectivity index (χ1n) is 8.07. The van der Waals surface area contributed by atoms with E-state index < -0.39 is 5.97 Å². The highest BCUT2D eigenvalue weighted by atomic mass is 16.5. The Bertz CT molecular complexity index is 748. The van der Waals surface area contributed by atoms with Crippen LogP contribution in [-0.2, 0) is 11.8 Å². The zero-order chi connectivity index (χ0) is 17.9. The molecule has 0 saturated heterocycles. The molecule has 0 aliphatic heterocycles. The molecular formula is C19H24N2O3. The number of esters is 1. The van der Waals surface area contributed by atoms with E-state index in [0.29, 0.717) is 23.4 Å². The molecule has 0 aliphatic carbocycles. The van der Waals surface area contributed by atoms with Crippen molar-refractivity contribution >= 4 is 11.9 Å². The molecular weight excluding hydrogens is 304 g/mol. The zero-order valence-corrected chi connectivity index (χ0v) is 14.8. The van der Waals surface area contributed by atoms with Gasteiger partial charge in [-0.3, -0.25) is 4.79 Å². The van der Waals surface area contributed by atoms with Crippen molar-refractivity contribution in [3.63, 3.8) is 0 Å². The second-order valence-corrected chi connectivity index (χ2v) is 5.82. The van der Waals surface area contributed by atoms with Gasteiger partial charge in [-0.15, -0.1) is 0 Å². The molecule has 1 heterocycles. The minimum atomic E-state index is -0.407. The van der Waals surface area contributed by atoms with Crippen LogP contribution in [-0.4, -0.2) is 23.1 Å². The average molecular weight is 328 g/mol. The Hall–Kier alpha value is -2.56. The third-order valence-electron chi connectivity index (χ3n) is 4.27. The van der Waals surface area contributed by atoms with Gasteiger partial charge in [-0.05, 0) is 38.8 Å². The monoisotopic (exact) mass is 328 g/mol. The lowest BCUT2D eigenvalue weighted by molar-refractivity contribution is 0.0514. The summed E-state index contributed by atoms with van der Waals surface area (Å²) in [5, 5.41) is 3.00. The highest BCUT2D eigenvalue weighted by Gasteiger charge is 2.26. The van der Waals surface area contributed by atoms with Crippen LogP contribution >= 0.6 is 0 Å². The number of nitrogens with one attached hydrogen (secondary N) is 1. The summed E-state index contributed by atoms with van der Waals surface area (Å²) in [5.41, 5.74) is 3.37. The van der Waals surface area contributed by atoms with E-state index in [-0.39, 0.29) is 11.9 Å². The van der Waals surface area contributed by atoms with Crippen molar-refractivity contribution in [1.29, 1.82) is 0 Å². The summed E-state index contributed by atoms with van der Waals surface area (Å²) >= 11 is 0. The van der Waals surface area contributed by atoms with Crippen LogP contribution in [0.3, 0.4) is 0 Å². The number of nitrogens with zero attached hydrogens (tertiary/aromatic N) is 1. The van der Waals surface area contributed by atoms with Crippen LogP contribution in [0.4, 0.5) is 0 Å². The molecule has 1 amide bonds. The van der Waals surface area contributed by atoms with Crippen molar-refractivity contribution in [3.05, 3.63) is 58.4 Å². The summed E-state index contributed by atoms with van der Waals surface area (Å²) in [5.74, 6) is -0.594. The fraction of sp³-hybridized carbons (Fsp3) is 0.368. The maximum Gasteiger partial charge on any atom is 0.355 e. The summed E-state index contributed by atoms with van der Waals surface area (Å²) in [7, 11) is 1.77. The van der Waals surface area contributed by atoms with Gasteiger partial charge in [0.15, 0.2) is 0 Å². The third-order valence-corrected chi connectivity index (χ3v) is 4.27. The van der Waals surface area contributed by atoms with Crippen molar-refractivity contribution in [1.82, 2.24) is 9.88 Å². The van der Waals surface area contributed by atoms with E-state index in [1.54, 1.807) is 25.5 Å². The van der Waals surface area contributed by atoms with Gasteiger partial charge in [-0.25, -0.2) is 4.79 Å². The van der Waals surface area contributed by atoms with E-state index in [4.69, 9.17) is 4.74 Å². The fourth-order valence-electron chi connectivity index (χ4n) is 2.89. The lowest BCUT2D eigenvalue weighted by Gasteiger charge is -2.14. The molecule has 5 nitrogen and oxygen atoms in total. The van der Waals surface area contributed by atoms with Gasteiger partial charge >= 0.3 is 5.97 Å². The Kier molecular flexibility index (Phi) is 5.44. The summed E-state index contributed by atoms with van der Waals surface area (Å²) in [6.07, 6.45) is 0. The highest BCUT2D eigenvalue weighted by Crippen LogP contribution is 2.23. The fourth-order valence-corrected chi connectivity index (χ4v) is 2.89. The molecule has 0 spiro atoms. The number of aromatic nitrogens is 1. The minimum absolute atomic E-state index is 0.122. The van der Waals surface area contributed by atoms with Crippen LogP contribution in [0.5, 0.6) is 0 Å². The van der Waals surface area contributed by atoms with Crippen LogP contribution < -0.4 is 5.32 Å². The molecule has 128 valence electrons. The summed E-state index contributed by atoms with van der Waals surface area (Å²) in [4.78, 5) is 24.9. The predicted octanol–water partition coefficient (Wildman–Crippen LogP) is 3.31. The van der Waals surface area contributed by atoms with Gasteiger partial charge in [-0.1, -0.05) is 30.3 Å². The average Bonchev–Trinajstić information content (AvgIpc) is 2.78. The van der Waals surface area contributed by atoms with E-state index in [2.05, 4.69) is 5.32 Å². The Balaban J connectivity index is 2.30. The maximum atomic E-state index is 12.7. The molecule has 0 unspecified atom stereocenters. The molecule has 0 bridgehead atoms. The Labute approximate surface area is 142 Å². The summed E-state index contributed by atoms with van der Waals surface area (Å²) in [6, 6.07) is 9.64. The molecule has 2 rings (SSSR count). The van der Waals surface area contributed by atoms with Crippen LogP contribution in [0, 0.1) is 13.8 Å². The topological polar surface area (TPSA) is 60.3 Å². The lowest BCUT2D eigenvalue weighted by atomic mass is 10.1. The van der Waals surface area contributed by atoms with E-state index >= 15 is 0 Å². The largest absolute Gasteiger partial charge is 0.461 e. The first kappa shape index (κ1) is 17.8. The first-order chi connectivity index (χ1) is 11.4. The normalized spacial score (nSPS) is 11.9. The van der Waals surface area contributed by atoms with E-state index in [1.165, 1.54) is 0 Å². The Morgan fingerprint density at radius 2 is 1.83 bits per heavy atom. The summed E-state index contributed by atoms with van der Waals surface area (Å²) in [6.45, 7) is 7.61. The molecule has 0 fully saturated rings. The maximum absolute atomic E-state index is 12.7. The predicted molar refractivity (Wildman–Crippen MR) is 93.2 cm³/mol. The van der Waals surface area contributed by atoms with Gasteiger partial charge in [0.25, 0.3) is 5.91 Å². The van der Waals surface area contributed by atoms with E-state index in [1.807, 2.05) is 44.2 Å². The van der Waals surface area contributed by atoms with Gasteiger partial charge in [0, 0.05) is 12.7 Å². The first-order valence-corrected chi connectivity index (χ1v) is 8.07. The van der Waals surface area contributed by atoms with Crippen LogP contribution in [0.2, 0.25) is 0 Å². The van der Waals surface area contributed by atoms with Gasteiger partial charge in [0.1, 0.15) is 5.69 Å². The van der Waals surface area contributed by atoms with E-state index in [0.717, 1.165) is 11.3 Å². The van der Waals surface area contributed by atoms with Gasteiger partial charge in [0.2, 0.25) is 0 Å². The number of benzene rings is 1. The van der Waals surface area contributed by atoms with Gasteiger partial charge in [-0.2, -0.15) is 0 Å². The van der Waals surface area contributed by atoms with Crippen LogP contribution in [0.1, 0.15) is 57.6 Å². The Morgan fingerprint density at radius 1 is 1.21 bits per heavy atom. The quantitative estimate of drug-likeness (QED) is 0.857. The number of carbonyl (C=O) groups excluding carboxylic acids is 2. The van der Waals surface area contributed by atoms with Crippen molar-refractivity contribution < 1.29 is 14.3 Å². The second-order valence-electron chi connectivity index (χ2n) is 5.82. The van der Waals surface area contributed by atoms with Gasteiger partial charge in [0.05, 0.1) is 18.2 Å². The molecule has 1 atom stereocenters. The zero-order valence-electron chi connectivity index (χ0n) is 14.8. The number of amides is 1. The minimum Gasteiger partial charge on any atom is -0.461 e. The number of hydrogen-bond acceptors (Lipinski definition) is 3. The van der Waals surface area contributed by atoms with Crippen molar-refractivity contribution in [2.75, 3.05) is 6.61 Å².